The van der Waals surface area contributed by atoms with Gasteiger partial charge in [0.15, 0.2) is 6.10 Å². The maximum Gasteiger partial charge on any atom is 0.472 e. The first-order valence-electron chi connectivity index (χ1n) is 32.8. The molecule has 9 nitrogen and oxygen atoms in total. The summed E-state index contributed by atoms with van der Waals surface area (Å²) in [5, 5.41) is 0. The molecule has 0 aliphatic carbocycles. The van der Waals surface area contributed by atoms with E-state index in [0.717, 1.165) is 57.8 Å². The highest BCUT2D eigenvalue weighted by atomic mass is 31.2. The summed E-state index contributed by atoms with van der Waals surface area (Å²) in [5.74, 6) is -0.816. The number of unbranched alkanes of at least 4 members (excludes halogenated alkanes) is 39. The number of esters is 2. The third-order valence-corrected chi connectivity index (χ3v) is 15.4. The van der Waals surface area contributed by atoms with E-state index in [9.17, 15) is 19.0 Å². The highest BCUT2D eigenvalue weighted by molar-refractivity contribution is 7.47. The molecule has 0 spiro atoms. The number of rotatable bonds is 62. The summed E-state index contributed by atoms with van der Waals surface area (Å²) in [7, 11) is -4.39. The van der Waals surface area contributed by atoms with E-state index in [1.807, 2.05) is 0 Å². The molecule has 2 unspecified atom stereocenters. The van der Waals surface area contributed by atoms with Crippen LogP contribution in [0.1, 0.15) is 322 Å². The van der Waals surface area contributed by atoms with Crippen molar-refractivity contribution in [2.45, 2.75) is 328 Å². The summed E-state index contributed by atoms with van der Waals surface area (Å²) in [6.07, 6.45) is 80.1. The number of hydrogen-bond donors (Lipinski definition) is 2. The molecule has 10 heteroatoms. The maximum absolute atomic E-state index is 12.7. The van der Waals surface area contributed by atoms with Crippen LogP contribution in [-0.4, -0.2) is 49.3 Å². The molecule has 0 aromatic carbocycles. The van der Waals surface area contributed by atoms with Crippen molar-refractivity contribution in [1.29, 1.82) is 0 Å². The smallest absolute Gasteiger partial charge is 0.462 e. The van der Waals surface area contributed by atoms with Gasteiger partial charge in [0.05, 0.1) is 13.2 Å². The fourth-order valence-electron chi connectivity index (χ4n) is 9.50. The monoisotopic (exact) mass is 1100 g/mol. The first kappa shape index (κ1) is 74.7. The number of phosphoric ester groups is 1. The summed E-state index contributed by atoms with van der Waals surface area (Å²) in [6, 6.07) is 0. The minimum atomic E-state index is -4.39. The van der Waals surface area contributed by atoms with E-state index in [0.29, 0.717) is 6.42 Å². The lowest BCUT2D eigenvalue weighted by molar-refractivity contribution is -0.161. The Morgan fingerprint density at radius 3 is 1.00 bits per heavy atom. The number of nitrogens with two attached hydrogens (primary N) is 1. The van der Waals surface area contributed by atoms with Gasteiger partial charge in [-0.1, -0.05) is 286 Å². The zero-order valence-corrected chi connectivity index (χ0v) is 51.3. The highest BCUT2D eigenvalue weighted by Crippen LogP contribution is 2.43. The zero-order valence-electron chi connectivity index (χ0n) is 50.4. The Labute approximate surface area is 476 Å². The third-order valence-electron chi connectivity index (χ3n) is 14.4. The molecule has 0 rings (SSSR count). The van der Waals surface area contributed by atoms with Gasteiger partial charge in [-0.25, -0.2) is 4.57 Å². The first-order valence-corrected chi connectivity index (χ1v) is 34.3. The average Bonchev–Trinajstić information content (AvgIpc) is 3.42. The van der Waals surface area contributed by atoms with Gasteiger partial charge in [-0.3, -0.25) is 18.6 Å². The topological polar surface area (TPSA) is 134 Å². The minimum absolute atomic E-state index is 0.0532. The number of phosphoric acid groups is 1. The molecule has 3 N–H and O–H groups in total. The molecule has 0 aliphatic rings. The molecule has 0 radical (unpaired) electrons. The molecular formula is C67H124NO8P. The van der Waals surface area contributed by atoms with Crippen LogP contribution in [0.5, 0.6) is 0 Å². The van der Waals surface area contributed by atoms with E-state index >= 15 is 0 Å². The first-order chi connectivity index (χ1) is 37.8. The van der Waals surface area contributed by atoms with Crippen LogP contribution in [0, 0.1) is 0 Å². The second-order valence-electron chi connectivity index (χ2n) is 22.0. The van der Waals surface area contributed by atoms with E-state index in [1.165, 1.54) is 231 Å². The Kier molecular flexibility index (Phi) is 61.0. The van der Waals surface area contributed by atoms with Crippen LogP contribution in [0.2, 0.25) is 0 Å². The van der Waals surface area contributed by atoms with Gasteiger partial charge in [0.2, 0.25) is 0 Å². The van der Waals surface area contributed by atoms with Gasteiger partial charge in [0.25, 0.3) is 0 Å². The number of carbonyl (C=O) groups is 2. The number of hydrogen-bond acceptors (Lipinski definition) is 8. The molecule has 77 heavy (non-hydrogen) atoms. The average molecular weight is 1100 g/mol. The van der Waals surface area contributed by atoms with Crippen LogP contribution in [0.25, 0.3) is 0 Å². The SMILES string of the molecule is CCCCCCC/C=C\C/C=C\C/C=C\CCCCCCCCCCCCCCCCCCC(=O)OC(COC(=O)CCCCCCCCCCCCCCC/C=C\C/C=C\CCCCCCC)COP(=O)(O)OCCN. The van der Waals surface area contributed by atoms with Crippen molar-refractivity contribution in [1.82, 2.24) is 0 Å². The normalized spacial score (nSPS) is 13.4. The molecule has 0 aromatic heterocycles. The van der Waals surface area contributed by atoms with Crippen molar-refractivity contribution in [3.8, 4) is 0 Å². The Hall–Kier alpha value is -2.29. The van der Waals surface area contributed by atoms with Crippen LogP contribution >= 0.6 is 7.82 Å². The van der Waals surface area contributed by atoms with Gasteiger partial charge >= 0.3 is 19.8 Å². The molecule has 0 saturated heterocycles. The second-order valence-corrected chi connectivity index (χ2v) is 23.4. The second kappa shape index (κ2) is 62.9. The molecular weight excluding hydrogens is 978 g/mol. The van der Waals surface area contributed by atoms with Crippen LogP contribution in [0.4, 0.5) is 0 Å². The molecule has 0 fully saturated rings. The fraction of sp³-hybridized carbons (Fsp3) is 0.821. The quantitative estimate of drug-likeness (QED) is 0.0264. The van der Waals surface area contributed by atoms with Crippen molar-refractivity contribution >= 4 is 19.8 Å². The number of carbonyl (C=O) groups excluding carboxylic acids is 2. The molecule has 0 aliphatic heterocycles. The van der Waals surface area contributed by atoms with Crippen LogP contribution in [-0.2, 0) is 32.7 Å². The van der Waals surface area contributed by atoms with Gasteiger partial charge in [-0.05, 0) is 83.5 Å². The summed E-state index contributed by atoms with van der Waals surface area (Å²) in [5.41, 5.74) is 5.40. The van der Waals surface area contributed by atoms with Crippen molar-refractivity contribution in [2.75, 3.05) is 26.4 Å². The lowest BCUT2D eigenvalue weighted by Gasteiger charge is -2.19. The summed E-state index contributed by atoms with van der Waals surface area (Å²) in [4.78, 5) is 35.3. The molecule has 0 bridgehead atoms. The predicted octanol–water partition coefficient (Wildman–Crippen LogP) is 21.1. The lowest BCUT2D eigenvalue weighted by Crippen LogP contribution is -2.29. The van der Waals surface area contributed by atoms with Crippen molar-refractivity contribution in [3.63, 3.8) is 0 Å². The molecule has 2 atom stereocenters. The van der Waals surface area contributed by atoms with Gasteiger partial charge < -0.3 is 20.1 Å². The minimum Gasteiger partial charge on any atom is -0.462 e. The highest BCUT2D eigenvalue weighted by Gasteiger charge is 2.26. The molecule has 0 saturated carbocycles. The third kappa shape index (κ3) is 62.8. The largest absolute Gasteiger partial charge is 0.472 e. The summed E-state index contributed by atoms with van der Waals surface area (Å²) < 4.78 is 33.1. The van der Waals surface area contributed by atoms with E-state index in [4.69, 9.17) is 24.3 Å². The van der Waals surface area contributed by atoms with E-state index in [-0.39, 0.29) is 38.6 Å². The molecule has 0 heterocycles. The standard InChI is InChI=1S/C67H124NO8P/c1-3-5-7-9-11-13-15-17-19-21-23-25-27-29-30-31-32-33-34-36-38-40-42-44-46-48-50-52-54-56-58-60-67(70)76-65(64-75-77(71,72)74-62-61-68)63-73-66(69)59-57-55-53-51-49-47-45-43-41-39-37-35-28-26-24-22-20-18-16-14-12-10-8-6-4-2/h15-18,21-24,27,29,65H,3-14,19-20,25-26,28,30-64,68H2,1-2H3,(H,71,72)/b17-15-,18-16-,23-21-,24-22-,29-27-. The van der Waals surface area contributed by atoms with Gasteiger partial charge in [-0.2, -0.15) is 0 Å². The van der Waals surface area contributed by atoms with Crippen molar-refractivity contribution < 1.29 is 37.6 Å². The summed E-state index contributed by atoms with van der Waals surface area (Å²) in [6.45, 7) is 3.77. The lowest BCUT2D eigenvalue weighted by atomic mass is 10.0. The maximum atomic E-state index is 12.7. The van der Waals surface area contributed by atoms with Gasteiger partial charge in [0.1, 0.15) is 6.61 Å². The summed E-state index contributed by atoms with van der Waals surface area (Å²) >= 11 is 0. The Balaban J connectivity index is 3.89. The van der Waals surface area contributed by atoms with Crippen LogP contribution < -0.4 is 5.73 Å². The molecule has 0 amide bonds. The van der Waals surface area contributed by atoms with E-state index in [1.54, 1.807) is 0 Å². The fourth-order valence-corrected chi connectivity index (χ4v) is 10.3. The van der Waals surface area contributed by atoms with Crippen LogP contribution in [0.15, 0.2) is 60.8 Å². The zero-order chi connectivity index (χ0) is 55.9. The van der Waals surface area contributed by atoms with Gasteiger partial charge in [-0.15, -0.1) is 0 Å². The van der Waals surface area contributed by atoms with E-state index < -0.39 is 26.5 Å². The number of ether oxygens (including phenoxy) is 2. The predicted molar refractivity (Wildman–Crippen MR) is 330 cm³/mol. The molecule has 0 aromatic rings. The Bertz CT molecular complexity index is 1440. The van der Waals surface area contributed by atoms with Crippen molar-refractivity contribution in [3.05, 3.63) is 60.8 Å². The Morgan fingerprint density at radius 1 is 0.390 bits per heavy atom. The molecule has 450 valence electrons. The van der Waals surface area contributed by atoms with Gasteiger partial charge in [0, 0.05) is 19.4 Å². The van der Waals surface area contributed by atoms with Crippen molar-refractivity contribution in [2.24, 2.45) is 5.73 Å². The number of allylic oxidation sites excluding steroid dienone is 10. The van der Waals surface area contributed by atoms with E-state index in [2.05, 4.69) is 74.6 Å². The van der Waals surface area contributed by atoms with Crippen LogP contribution in [0.3, 0.4) is 0 Å². The Morgan fingerprint density at radius 2 is 0.675 bits per heavy atom.